The quantitative estimate of drug-likeness (QED) is 0.893. The molecule has 0 aliphatic carbocycles. The van der Waals surface area contributed by atoms with Gasteiger partial charge < -0.3 is 5.11 Å². The number of alkyl halides is 3. The Balaban J connectivity index is 1.78. The fourth-order valence-corrected chi connectivity index (χ4v) is 6.50. The van der Waals surface area contributed by atoms with Gasteiger partial charge in [-0.1, -0.05) is 18.6 Å². The number of fused-ring (bicyclic) bond motifs is 2. The molecule has 1 aromatic carbocycles. The molecule has 0 saturated carbocycles. The van der Waals surface area contributed by atoms with Crippen LogP contribution in [0.15, 0.2) is 24.3 Å². The summed E-state index contributed by atoms with van der Waals surface area (Å²) in [4.78, 5) is 0. The zero-order valence-corrected chi connectivity index (χ0v) is 13.3. The smallest absolute Gasteiger partial charge is 0.389 e. The lowest BCUT2D eigenvalue weighted by Gasteiger charge is -2.44. The number of hydrogen-bond acceptors (Lipinski definition) is 3. The first kappa shape index (κ1) is 16.8. The van der Waals surface area contributed by atoms with Crippen LogP contribution in [0.5, 0.6) is 0 Å². The van der Waals surface area contributed by atoms with E-state index >= 15 is 0 Å². The van der Waals surface area contributed by atoms with Crippen LogP contribution in [0, 0.1) is 0 Å². The SMILES string of the molecule is O=S1(=O)C2CCCC1CC(O)(Cc1ccc(C(F)(F)F)cc1)C2. The topological polar surface area (TPSA) is 54.4 Å². The molecule has 128 valence electrons. The van der Waals surface area contributed by atoms with Gasteiger partial charge in [0.2, 0.25) is 0 Å². The summed E-state index contributed by atoms with van der Waals surface area (Å²) in [5.41, 5.74) is -1.28. The highest BCUT2D eigenvalue weighted by Gasteiger charge is 2.50. The van der Waals surface area contributed by atoms with Crippen molar-refractivity contribution in [3.63, 3.8) is 0 Å². The van der Waals surface area contributed by atoms with Crippen molar-refractivity contribution in [3.05, 3.63) is 35.4 Å². The number of rotatable bonds is 2. The zero-order valence-electron chi connectivity index (χ0n) is 12.5. The van der Waals surface area contributed by atoms with E-state index in [1.165, 1.54) is 12.1 Å². The van der Waals surface area contributed by atoms with E-state index in [2.05, 4.69) is 0 Å². The minimum Gasteiger partial charge on any atom is -0.389 e. The van der Waals surface area contributed by atoms with Gasteiger partial charge in [-0.3, -0.25) is 0 Å². The van der Waals surface area contributed by atoms with Crippen molar-refractivity contribution < 1.29 is 26.7 Å². The van der Waals surface area contributed by atoms with Gasteiger partial charge in [-0.25, -0.2) is 8.42 Å². The van der Waals surface area contributed by atoms with Gasteiger partial charge in [0, 0.05) is 6.42 Å². The lowest BCUT2D eigenvalue weighted by molar-refractivity contribution is -0.137. The summed E-state index contributed by atoms with van der Waals surface area (Å²) in [7, 11) is -3.16. The molecule has 0 amide bonds. The van der Waals surface area contributed by atoms with Crippen molar-refractivity contribution in [2.24, 2.45) is 0 Å². The van der Waals surface area contributed by atoms with E-state index in [-0.39, 0.29) is 19.3 Å². The summed E-state index contributed by atoms with van der Waals surface area (Å²) < 4.78 is 62.2. The Labute approximate surface area is 133 Å². The molecule has 0 radical (unpaired) electrons. The fraction of sp³-hybridized carbons (Fsp3) is 0.625. The van der Waals surface area contributed by atoms with Crippen LogP contribution in [-0.4, -0.2) is 29.6 Å². The zero-order chi connectivity index (χ0) is 16.9. The minimum absolute atomic E-state index is 0.173. The lowest BCUT2D eigenvalue weighted by atomic mass is 9.81. The first-order valence-corrected chi connectivity index (χ1v) is 9.32. The molecule has 2 heterocycles. The van der Waals surface area contributed by atoms with Crippen LogP contribution in [0.1, 0.15) is 43.2 Å². The Morgan fingerprint density at radius 1 is 1.09 bits per heavy atom. The van der Waals surface area contributed by atoms with Gasteiger partial charge in [0.25, 0.3) is 0 Å². The molecule has 2 aliphatic heterocycles. The van der Waals surface area contributed by atoms with Crippen LogP contribution >= 0.6 is 0 Å². The van der Waals surface area contributed by atoms with Gasteiger partial charge in [0.05, 0.1) is 21.7 Å². The molecule has 23 heavy (non-hydrogen) atoms. The van der Waals surface area contributed by atoms with Gasteiger partial charge in [0.15, 0.2) is 9.84 Å². The predicted molar refractivity (Wildman–Crippen MR) is 79.7 cm³/mol. The highest BCUT2D eigenvalue weighted by atomic mass is 32.2. The summed E-state index contributed by atoms with van der Waals surface area (Å²) >= 11 is 0. The highest BCUT2D eigenvalue weighted by molar-refractivity contribution is 7.92. The Morgan fingerprint density at radius 3 is 2.09 bits per heavy atom. The number of aliphatic hydroxyl groups is 1. The third kappa shape index (κ3) is 3.26. The molecule has 3 rings (SSSR count). The van der Waals surface area contributed by atoms with E-state index in [0.29, 0.717) is 18.4 Å². The molecular formula is C16H19F3O3S. The molecule has 2 fully saturated rings. The van der Waals surface area contributed by atoms with Crippen LogP contribution in [0.25, 0.3) is 0 Å². The predicted octanol–water partition coefficient (Wildman–Crippen LogP) is 3.11. The van der Waals surface area contributed by atoms with E-state index in [1.807, 2.05) is 0 Å². The Hall–Kier alpha value is -1.08. The van der Waals surface area contributed by atoms with Crippen molar-refractivity contribution in [2.45, 2.75) is 60.8 Å². The molecular weight excluding hydrogens is 329 g/mol. The molecule has 1 N–H and O–H groups in total. The van der Waals surface area contributed by atoms with Gasteiger partial charge >= 0.3 is 6.18 Å². The first-order valence-electron chi connectivity index (χ1n) is 7.71. The molecule has 0 spiro atoms. The summed E-state index contributed by atoms with van der Waals surface area (Å²) in [6.45, 7) is 0. The second kappa shape index (κ2) is 5.48. The monoisotopic (exact) mass is 348 g/mol. The molecule has 2 unspecified atom stereocenters. The Morgan fingerprint density at radius 2 is 1.61 bits per heavy atom. The van der Waals surface area contributed by atoms with Crippen LogP contribution in [0.3, 0.4) is 0 Å². The van der Waals surface area contributed by atoms with Crippen LogP contribution in [-0.2, 0) is 22.4 Å². The van der Waals surface area contributed by atoms with Gasteiger partial charge in [-0.05, 0) is 43.4 Å². The van der Waals surface area contributed by atoms with Crippen molar-refractivity contribution in [2.75, 3.05) is 0 Å². The van der Waals surface area contributed by atoms with Gasteiger partial charge in [-0.2, -0.15) is 13.2 Å². The highest BCUT2D eigenvalue weighted by Crippen LogP contribution is 2.42. The summed E-state index contributed by atoms with van der Waals surface area (Å²) in [5, 5.41) is 9.77. The van der Waals surface area contributed by atoms with E-state index in [0.717, 1.165) is 18.6 Å². The van der Waals surface area contributed by atoms with Crippen molar-refractivity contribution in [1.82, 2.24) is 0 Å². The maximum absolute atomic E-state index is 12.6. The average Bonchev–Trinajstić information content (AvgIpc) is 2.40. The summed E-state index contributed by atoms with van der Waals surface area (Å²) in [6.07, 6.45) is -1.87. The summed E-state index contributed by atoms with van der Waals surface area (Å²) in [5.74, 6) is 0. The van der Waals surface area contributed by atoms with Crippen LogP contribution < -0.4 is 0 Å². The second-order valence-corrected chi connectivity index (χ2v) is 9.28. The standard InChI is InChI=1S/C16H19F3O3S/c17-16(18,19)12-6-4-11(5-7-12)8-15(20)9-13-2-1-3-14(10-15)23(13,21)22/h4-7,13-14,20H,1-3,8-10H2. The molecule has 1 aromatic rings. The maximum atomic E-state index is 12.6. The number of hydrogen-bond donors (Lipinski definition) is 1. The summed E-state index contributed by atoms with van der Waals surface area (Å²) in [6, 6.07) is 4.72. The van der Waals surface area contributed by atoms with E-state index in [9.17, 15) is 26.7 Å². The van der Waals surface area contributed by atoms with Gasteiger partial charge in [0.1, 0.15) is 0 Å². The molecule has 2 atom stereocenters. The number of sulfone groups is 1. The molecule has 0 aromatic heterocycles. The Bertz CT molecular complexity index is 660. The third-order valence-electron chi connectivity index (χ3n) is 5.01. The molecule has 3 nitrogen and oxygen atoms in total. The molecule has 2 saturated heterocycles. The molecule has 2 aliphatic rings. The molecule has 2 bridgehead atoms. The molecule has 7 heteroatoms. The Kier molecular flexibility index (Phi) is 3.99. The van der Waals surface area contributed by atoms with Crippen molar-refractivity contribution in [1.29, 1.82) is 0 Å². The van der Waals surface area contributed by atoms with Crippen LogP contribution in [0.2, 0.25) is 0 Å². The maximum Gasteiger partial charge on any atom is 0.416 e. The normalized spacial score (nSPS) is 33.4. The lowest BCUT2D eigenvalue weighted by Crippen LogP contribution is -2.52. The first-order chi connectivity index (χ1) is 10.6. The van der Waals surface area contributed by atoms with Gasteiger partial charge in [-0.15, -0.1) is 0 Å². The van der Waals surface area contributed by atoms with Crippen LogP contribution in [0.4, 0.5) is 13.2 Å². The van der Waals surface area contributed by atoms with E-state index in [4.69, 9.17) is 0 Å². The number of halogens is 3. The number of benzene rings is 1. The average molecular weight is 348 g/mol. The van der Waals surface area contributed by atoms with E-state index < -0.39 is 37.7 Å². The van der Waals surface area contributed by atoms with Crippen molar-refractivity contribution in [3.8, 4) is 0 Å². The fourth-order valence-electron chi connectivity index (χ4n) is 3.88. The third-order valence-corrected chi connectivity index (χ3v) is 7.67. The van der Waals surface area contributed by atoms with Crippen molar-refractivity contribution >= 4 is 9.84 Å². The minimum atomic E-state index is -4.38. The van der Waals surface area contributed by atoms with E-state index in [1.54, 1.807) is 0 Å². The second-order valence-electron chi connectivity index (χ2n) is 6.77. The largest absolute Gasteiger partial charge is 0.416 e.